The van der Waals surface area contributed by atoms with Crippen molar-refractivity contribution in [3.63, 3.8) is 0 Å². The average molecular weight is 369 g/mol. The van der Waals surface area contributed by atoms with Gasteiger partial charge in [0.05, 0.1) is 11.2 Å². The van der Waals surface area contributed by atoms with Gasteiger partial charge in [0, 0.05) is 11.1 Å². The molecule has 0 bridgehead atoms. The molecular weight excluding hydrogens is 359 g/mol. The lowest BCUT2D eigenvalue weighted by molar-refractivity contribution is 0.487. The zero-order valence-electron chi connectivity index (χ0n) is 11.8. The summed E-state index contributed by atoms with van der Waals surface area (Å²) in [6, 6.07) is 9.92. The van der Waals surface area contributed by atoms with E-state index >= 15 is 0 Å². The second-order valence-electron chi connectivity index (χ2n) is 4.76. The molecule has 8 heteroatoms. The second-order valence-corrected chi connectivity index (χ2v) is 7.07. The number of hydrogen-bond donors (Lipinski definition) is 0. The summed E-state index contributed by atoms with van der Waals surface area (Å²) < 4.78 is 30.0. The Morgan fingerprint density at radius 1 is 1.13 bits per heavy atom. The summed E-state index contributed by atoms with van der Waals surface area (Å²) in [6.07, 6.45) is 1.09. The van der Waals surface area contributed by atoms with Crippen LogP contribution in [-0.4, -0.2) is 18.4 Å². The van der Waals surface area contributed by atoms with E-state index < -0.39 is 10.1 Å². The Hall–Kier alpha value is -1.89. The van der Waals surface area contributed by atoms with Crippen molar-refractivity contribution in [2.45, 2.75) is 11.8 Å². The summed E-state index contributed by atoms with van der Waals surface area (Å²) >= 11 is 11.5. The van der Waals surface area contributed by atoms with Gasteiger partial charge in [-0.2, -0.15) is 8.42 Å². The molecule has 118 valence electrons. The monoisotopic (exact) mass is 368 g/mol. The Labute approximate surface area is 143 Å². The van der Waals surface area contributed by atoms with Crippen molar-refractivity contribution >= 4 is 44.2 Å². The Balaban J connectivity index is 2.07. The van der Waals surface area contributed by atoms with Crippen molar-refractivity contribution in [1.82, 2.24) is 9.97 Å². The number of aromatic nitrogens is 2. The lowest BCUT2D eigenvalue weighted by atomic mass is 10.2. The minimum atomic E-state index is -4.10. The summed E-state index contributed by atoms with van der Waals surface area (Å²) in [7, 11) is -4.10. The van der Waals surface area contributed by atoms with Crippen LogP contribution in [0.4, 0.5) is 0 Å². The highest BCUT2D eigenvalue weighted by Gasteiger charge is 2.20. The first-order chi connectivity index (χ1) is 10.9. The summed E-state index contributed by atoms with van der Waals surface area (Å²) in [6.45, 7) is 1.81. The van der Waals surface area contributed by atoms with Gasteiger partial charge in [-0.3, -0.25) is 0 Å². The van der Waals surface area contributed by atoms with Crippen LogP contribution in [0.25, 0.3) is 10.9 Å². The molecule has 0 saturated heterocycles. The van der Waals surface area contributed by atoms with Crippen molar-refractivity contribution in [3.05, 3.63) is 58.5 Å². The first-order valence-corrected chi connectivity index (χ1v) is 8.65. The molecule has 0 radical (unpaired) electrons. The number of benzene rings is 1. The van der Waals surface area contributed by atoms with E-state index in [0.717, 1.165) is 17.3 Å². The van der Waals surface area contributed by atoms with E-state index in [1.165, 1.54) is 12.1 Å². The third kappa shape index (κ3) is 3.24. The molecule has 0 aliphatic carbocycles. The number of hydrogen-bond acceptors (Lipinski definition) is 5. The van der Waals surface area contributed by atoms with Crippen molar-refractivity contribution in [2.75, 3.05) is 0 Å². The van der Waals surface area contributed by atoms with Gasteiger partial charge in [-0.15, -0.1) is 0 Å². The van der Waals surface area contributed by atoms with E-state index in [1.54, 1.807) is 6.07 Å². The first kappa shape index (κ1) is 16.0. The van der Waals surface area contributed by atoms with Gasteiger partial charge >= 0.3 is 10.1 Å². The SMILES string of the molecule is Cc1ccc2cccc(OS(=O)(=O)c3cnc(Cl)c(Cl)c3)c2n1. The molecule has 0 aliphatic rings. The Morgan fingerprint density at radius 3 is 2.65 bits per heavy atom. The number of pyridine rings is 2. The van der Waals surface area contributed by atoms with Crippen LogP contribution in [0.5, 0.6) is 5.75 Å². The van der Waals surface area contributed by atoms with Crippen LogP contribution in [0.3, 0.4) is 0 Å². The van der Waals surface area contributed by atoms with Gasteiger partial charge in [0.2, 0.25) is 0 Å². The number of nitrogens with zero attached hydrogens (tertiary/aromatic N) is 2. The zero-order chi connectivity index (χ0) is 16.6. The molecule has 0 spiro atoms. The van der Waals surface area contributed by atoms with Crippen LogP contribution in [0.1, 0.15) is 5.69 Å². The minimum Gasteiger partial charge on any atom is -0.377 e. The van der Waals surface area contributed by atoms with E-state index in [-0.39, 0.29) is 20.8 Å². The minimum absolute atomic E-state index is 0.0214. The fourth-order valence-electron chi connectivity index (χ4n) is 1.99. The van der Waals surface area contributed by atoms with Gasteiger partial charge in [0.25, 0.3) is 0 Å². The molecule has 0 unspecified atom stereocenters. The third-order valence-electron chi connectivity index (χ3n) is 3.08. The third-order valence-corrected chi connectivity index (χ3v) is 4.97. The first-order valence-electron chi connectivity index (χ1n) is 6.49. The lowest BCUT2D eigenvalue weighted by Crippen LogP contribution is -2.10. The van der Waals surface area contributed by atoms with E-state index in [9.17, 15) is 8.42 Å². The van der Waals surface area contributed by atoms with E-state index in [4.69, 9.17) is 27.4 Å². The van der Waals surface area contributed by atoms with Crippen molar-refractivity contribution in [3.8, 4) is 5.75 Å². The standard InChI is InChI=1S/C15H10Cl2N2O3S/c1-9-5-6-10-3-2-4-13(14(10)19-9)22-23(20,21)11-7-12(16)15(17)18-8-11/h2-8H,1H3. The molecule has 0 N–H and O–H groups in total. The number of para-hydroxylation sites is 1. The highest BCUT2D eigenvalue weighted by atomic mass is 35.5. The molecule has 0 fully saturated rings. The maximum atomic E-state index is 12.4. The molecule has 3 rings (SSSR count). The topological polar surface area (TPSA) is 69.2 Å². The molecule has 0 atom stereocenters. The van der Waals surface area contributed by atoms with Crippen molar-refractivity contribution in [2.24, 2.45) is 0 Å². The number of halogens is 2. The Bertz CT molecular complexity index is 1010. The van der Waals surface area contributed by atoms with E-state index in [0.29, 0.717) is 5.52 Å². The smallest absolute Gasteiger partial charge is 0.340 e. The molecule has 5 nitrogen and oxygen atoms in total. The molecule has 3 aromatic rings. The predicted octanol–water partition coefficient (Wildman–Crippen LogP) is 4.01. The number of aryl methyl sites for hydroxylation is 1. The molecule has 23 heavy (non-hydrogen) atoms. The number of fused-ring (bicyclic) bond motifs is 1. The van der Waals surface area contributed by atoms with Crippen LogP contribution in [0, 0.1) is 6.92 Å². The zero-order valence-corrected chi connectivity index (χ0v) is 14.2. The van der Waals surface area contributed by atoms with Crippen LogP contribution < -0.4 is 4.18 Å². The fourth-order valence-corrected chi connectivity index (χ4v) is 3.24. The fraction of sp³-hybridized carbons (Fsp3) is 0.0667. The maximum Gasteiger partial charge on any atom is 0.340 e. The Morgan fingerprint density at radius 2 is 1.91 bits per heavy atom. The molecular formula is C15H10Cl2N2O3S. The average Bonchev–Trinajstić information content (AvgIpc) is 2.50. The van der Waals surface area contributed by atoms with Crippen molar-refractivity contribution < 1.29 is 12.6 Å². The van der Waals surface area contributed by atoms with Gasteiger partial charge in [0.15, 0.2) is 5.75 Å². The molecule has 2 heterocycles. The summed E-state index contributed by atoms with van der Waals surface area (Å²) in [5.41, 5.74) is 1.21. The summed E-state index contributed by atoms with van der Waals surface area (Å²) in [5, 5.41) is 0.826. The summed E-state index contributed by atoms with van der Waals surface area (Å²) in [5.74, 6) is 0.136. The van der Waals surface area contributed by atoms with Crippen molar-refractivity contribution in [1.29, 1.82) is 0 Å². The normalized spacial score (nSPS) is 11.6. The van der Waals surface area contributed by atoms with Gasteiger partial charge in [-0.05, 0) is 25.1 Å². The number of rotatable bonds is 3. The Kier molecular flexibility index (Phi) is 4.14. The van der Waals surface area contributed by atoms with Crippen LogP contribution in [0.2, 0.25) is 10.2 Å². The quantitative estimate of drug-likeness (QED) is 0.515. The van der Waals surface area contributed by atoms with Gasteiger partial charge < -0.3 is 4.18 Å². The van der Waals surface area contributed by atoms with Gasteiger partial charge in [0.1, 0.15) is 15.6 Å². The molecule has 0 saturated carbocycles. The molecule has 1 aromatic carbocycles. The predicted molar refractivity (Wildman–Crippen MR) is 88.6 cm³/mol. The second kappa shape index (κ2) is 5.96. The maximum absolute atomic E-state index is 12.4. The van der Waals surface area contributed by atoms with E-state index in [2.05, 4.69) is 9.97 Å². The van der Waals surface area contributed by atoms with Gasteiger partial charge in [-0.1, -0.05) is 41.4 Å². The van der Waals surface area contributed by atoms with Crippen LogP contribution in [-0.2, 0) is 10.1 Å². The van der Waals surface area contributed by atoms with Gasteiger partial charge in [-0.25, -0.2) is 9.97 Å². The molecule has 2 aromatic heterocycles. The van der Waals surface area contributed by atoms with Crippen LogP contribution >= 0.6 is 23.2 Å². The highest BCUT2D eigenvalue weighted by molar-refractivity contribution is 7.87. The molecule has 0 aliphatic heterocycles. The largest absolute Gasteiger partial charge is 0.377 e. The summed E-state index contributed by atoms with van der Waals surface area (Å²) in [4.78, 5) is 7.87. The van der Waals surface area contributed by atoms with Crippen LogP contribution in [0.15, 0.2) is 47.5 Å². The highest BCUT2D eigenvalue weighted by Crippen LogP contribution is 2.28. The molecule has 0 amide bonds. The lowest BCUT2D eigenvalue weighted by Gasteiger charge is -2.09. The van der Waals surface area contributed by atoms with E-state index in [1.807, 2.05) is 25.1 Å².